The average molecular weight is 682 g/mol. The zero-order valence-electron chi connectivity index (χ0n) is 28.7. The number of carbonyl (C=O) groups is 3. The number of aromatic hydroxyl groups is 1. The number of carbonyl (C=O) groups excluding carboxylic acids is 3. The Labute approximate surface area is 298 Å². The number of hydrogen-bond donors (Lipinski definition) is 2. The van der Waals surface area contributed by atoms with Gasteiger partial charge in [-0.2, -0.15) is 0 Å². The lowest BCUT2D eigenvalue weighted by atomic mass is 9.69. The van der Waals surface area contributed by atoms with Gasteiger partial charge in [-0.15, -0.1) is 0 Å². The summed E-state index contributed by atoms with van der Waals surface area (Å²) in [6.45, 7) is 6.35. The smallest absolute Gasteiger partial charge is 0.255 e. The second-order valence-corrected chi connectivity index (χ2v) is 14.8. The van der Waals surface area contributed by atoms with E-state index in [0.29, 0.717) is 36.2 Å². The summed E-state index contributed by atoms with van der Waals surface area (Å²) in [6.07, 6.45) is 2.67. The highest BCUT2D eigenvalue weighted by Crippen LogP contribution is 2.47. The molecule has 0 spiro atoms. The summed E-state index contributed by atoms with van der Waals surface area (Å²) in [5.74, 6) is 0.215. The molecule has 4 aliphatic heterocycles. The molecule has 0 radical (unpaired) electrons. The maximum Gasteiger partial charge on any atom is 0.255 e. The van der Waals surface area contributed by atoms with E-state index in [-0.39, 0.29) is 30.1 Å². The van der Waals surface area contributed by atoms with Crippen LogP contribution < -0.4 is 15.1 Å². The third-order valence-electron chi connectivity index (χ3n) is 12.0. The molecule has 9 rings (SSSR count). The molecule has 4 aromatic rings. The van der Waals surface area contributed by atoms with Gasteiger partial charge in [0.15, 0.2) is 0 Å². The number of rotatable bonds is 6. The Bertz CT molecular complexity index is 1980. The van der Waals surface area contributed by atoms with Crippen molar-refractivity contribution in [1.82, 2.24) is 15.1 Å². The van der Waals surface area contributed by atoms with Crippen LogP contribution in [0.4, 0.5) is 11.4 Å². The van der Waals surface area contributed by atoms with E-state index in [0.717, 1.165) is 63.4 Å². The summed E-state index contributed by atoms with van der Waals surface area (Å²) in [7, 11) is 0. The Kier molecular flexibility index (Phi) is 8.03. The summed E-state index contributed by atoms with van der Waals surface area (Å²) in [6, 6.07) is 32.0. The molecule has 0 aromatic heterocycles. The Morgan fingerprint density at radius 2 is 1.45 bits per heavy atom. The van der Waals surface area contributed by atoms with E-state index in [9.17, 15) is 19.5 Å². The van der Waals surface area contributed by atoms with Gasteiger partial charge >= 0.3 is 0 Å². The number of piperazine rings is 1. The van der Waals surface area contributed by atoms with Gasteiger partial charge in [-0.3, -0.25) is 24.6 Å². The predicted octanol–water partition coefficient (Wildman–Crippen LogP) is 5.03. The number of imide groups is 1. The molecule has 260 valence electrons. The molecular formula is C42H43N5O4. The normalized spacial score (nSPS) is 23.9. The molecule has 0 saturated carbocycles. The highest BCUT2D eigenvalue weighted by atomic mass is 16.3. The van der Waals surface area contributed by atoms with Crippen molar-refractivity contribution in [1.29, 1.82) is 0 Å². The number of benzene rings is 4. The van der Waals surface area contributed by atoms with Crippen LogP contribution in [-0.4, -0.2) is 84.0 Å². The molecule has 3 fully saturated rings. The first-order valence-corrected chi connectivity index (χ1v) is 18.4. The SMILES string of the molecule is O=C1CCC(N2Cc3cc(N4CC(N5CCN(c6ccc([C@@H]7c8ccc(O)cc8CC[C@@H]7c7ccccc7)cc6)CC5)C4)ccc3C2=O)C(=O)N1. The van der Waals surface area contributed by atoms with Crippen molar-refractivity contribution in [2.45, 2.75) is 56.1 Å². The predicted molar refractivity (Wildman–Crippen MR) is 196 cm³/mol. The first-order valence-electron chi connectivity index (χ1n) is 18.4. The fourth-order valence-electron chi connectivity index (χ4n) is 9.17. The van der Waals surface area contributed by atoms with Crippen molar-refractivity contribution in [3.05, 3.63) is 124 Å². The van der Waals surface area contributed by atoms with Crippen LogP contribution in [-0.2, 0) is 22.6 Å². The molecule has 0 bridgehead atoms. The van der Waals surface area contributed by atoms with E-state index >= 15 is 0 Å². The fourth-order valence-corrected chi connectivity index (χ4v) is 9.17. The van der Waals surface area contributed by atoms with Crippen LogP contribution in [0.3, 0.4) is 0 Å². The molecule has 3 amide bonds. The largest absolute Gasteiger partial charge is 0.508 e. The van der Waals surface area contributed by atoms with E-state index < -0.39 is 6.04 Å². The van der Waals surface area contributed by atoms with Crippen molar-refractivity contribution in [2.24, 2.45) is 0 Å². The monoisotopic (exact) mass is 681 g/mol. The Balaban J connectivity index is 0.817. The minimum absolute atomic E-state index is 0.128. The second kappa shape index (κ2) is 12.9. The molecule has 51 heavy (non-hydrogen) atoms. The highest BCUT2D eigenvalue weighted by Gasteiger charge is 2.40. The summed E-state index contributed by atoms with van der Waals surface area (Å²) >= 11 is 0. The number of phenolic OH excluding ortho intramolecular Hbond substituents is 1. The van der Waals surface area contributed by atoms with Crippen molar-refractivity contribution in [3.63, 3.8) is 0 Å². The molecule has 1 aliphatic carbocycles. The van der Waals surface area contributed by atoms with Gasteiger partial charge in [0, 0.05) is 81.1 Å². The third kappa shape index (κ3) is 5.83. The van der Waals surface area contributed by atoms with Crippen LogP contribution in [0, 0.1) is 0 Å². The summed E-state index contributed by atoms with van der Waals surface area (Å²) in [5.41, 5.74) is 9.28. The maximum atomic E-state index is 13.1. The molecule has 3 saturated heterocycles. The number of amides is 3. The van der Waals surface area contributed by atoms with Gasteiger partial charge < -0.3 is 19.8 Å². The fraction of sp³-hybridized carbons (Fsp3) is 0.357. The molecule has 1 unspecified atom stereocenters. The summed E-state index contributed by atoms with van der Waals surface area (Å²) in [5, 5.41) is 12.6. The Hall–Kier alpha value is -5.15. The maximum absolute atomic E-state index is 13.1. The molecule has 9 nitrogen and oxygen atoms in total. The molecule has 5 aliphatic rings. The zero-order chi connectivity index (χ0) is 34.6. The molecule has 4 aromatic carbocycles. The van der Waals surface area contributed by atoms with Crippen LogP contribution in [0.25, 0.3) is 0 Å². The number of anilines is 2. The first kappa shape index (κ1) is 31.8. The number of nitrogens with one attached hydrogen (secondary N) is 1. The van der Waals surface area contributed by atoms with E-state index in [4.69, 9.17) is 0 Å². The van der Waals surface area contributed by atoms with Gasteiger partial charge in [0.05, 0.1) is 0 Å². The van der Waals surface area contributed by atoms with Crippen molar-refractivity contribution in [3.8, 4) is 5.75 Å². The molecule has 3 atom stereocenters. The van der Waals surface area contributed by atoms with Crippen LogP contribution in [0.5, 0.6) is 5.75 Å². The quantitative estimate of drug-likeness (QED) is 0.276. The number of piperidine rings is 1. The number of nitrogens with zero attached hydrogens (tertiary/aromatic N) is 4. The van der Waals surface area contributed by atoms with Gasteiger partial charge in [0.2, 0.25) is 11.8 Å². The standard InChI is InChI=1S/C42H43N5O4/c48-34-12-15-36-29(23-34)8-13-35(27-4-2-1-3-5-27)40(36)28-6-9-31(10-7-28)44-18-20-45(21-19-44)33-25-46(26-33)32-11-14-37-30(22-32)24-47(42(37)51)38-16-17-39(49)43-41(38)50/h1-7,9-12,14-15,22-23,33,35,38,40,48H,8,13,16-21,24-26H2,(H,43,49,50)/t35-,38?,40+/m1/s1. The minimum atomic E-state index is -0.589. The summed E-state index contributed by atoms with van der Waals surface area (Å²) in [4.78, 5) is 46.3. The number of aryl methyl sites for hydroxylation is 1. The van der Waals surface area contributed by atoms with Gasteiger partial charge in [-0.1, -0.05) is 48.5 Å². The van der Waals surface area contributed by atoms with E-state index in [2.05, 4.69) is 86.7 Å². The van der Waals surface area contributed by atoms with Crippen molar-refractivity contribution in [2.75, 3.05) is 49.1 Å². The second-order valence-electron chi connectivity index (χ2n) is 14.8. The first-order chi connectivity index (χ1) is 24.9. The van der Waals surface area contributed by atoms with Gasteiger partial charge in [-0.25, -0.2) is 0 Å². The zero-order valence-corrected chi connectivity index (χ0v) is 28.7. The van der Waals surface area contributed by atoms with E-state index in [1.54, 1.807) is 4.90 Å². The van der Waals surface area contributed by atoms with Gasteiger partial charge in [0.25, 0.3) is 5.91 Å². The van der Waals surface area contributed by atoms with Crippen LogP contribution in [0.1, 0.15) is 69.3 Å². The van der Waals surface area contributed by atoms with Crippen LogP contribution in [0.2, 0.25) is 0 Å². The Morgan fingerprint density at radius 1 is 0.686 bits per heavy atom. The van der Waals surface area contributed by atoms with Crippen LogP contribution in [0.15, 0.2) is 91.0 Å². The number of hydrogen-bond acceptors (Lipinski definition) is 7. The molecule has 9 heteroatoms. The number of phenols is 1. The molecule has 4 heterocycles. The van der Waals surface area contributed by atoms with Gasteiger partial charge in [-0.05, 0) is 95.5 Å². The lowest BCUT2D eigenvalue weighted by Gasteiger charge is -2.49. The van der Waals surface area contributed by atoms with Crippen molar-refractivity contribution >= 4 is 29.1 Å². The molecule has 2 N–H and O–H groups in total. The van der Waals surface area contributed by atoms with E-state index in [1.807, 2.05) is 24.3 Å². The van der Waals surface area contributed by atoms with Crippen molar-refractivity contribution < 1.29 is 19.5 Å². The minimum Gasteiger partial charge on any atom is -0.508 e. The lowest BCUT2D eigenvalue weighted by Crippen LogP contribution is -2.63. The number of fused-ring (bicyclic) bond motifs is 2. The summed E-state index contributed by atoms with van der Waals surface area (Å²) < 4.78 is 0. The average Bonchev–Trinajstić information content (AvgIpc) is 3.46. The Morgan fingerprint density at radius 3 is 2.22 bits per heavy atom. The highest BCUT2D eigenvalue weighted by molar-refractivity contribution is 6.05. The van der Waals surface area contributed by atoms with E-state index in [1.165, 1.54) is 27.9 Å². The van der Waals surface area contributed by atoms with Gasteiger partial charge in [0.1, 0.15) is 11.8 Å². The lowest BCUT2D eigenvalue weighted by molar-refractivity contribution is -0.136. The topological polar surface area (TPSA) is 96.4 Å². The van der Waals surface area contributed by atoms with Crippen LogP contribution >= 0.6 is 0 Å². The molecular weight excluding hydrogens is 638 g/mol. The third-order valence-corrected chi connectivity index (χ3v) is 12.0.